The molecule has 0 saturated heterocycles. The molecule has 18 heavy (non-hydrogen) atoms. The molecule has 0 radical (unpaired) electrons. The van der Waals surface area contributed by atoms with Crippen LogP contribution >= 0.6 is 0 Å². The van der Waals surface area contributed by atoms with Crippen molar-refractivity contribution in [3.05, 3.63) is 28.8 Å². The fraction of sp³-hybridized carbons (Fsp3) is 0.625. The highest BCUT2D eigenvalue weighted by Gasteiger charge is 2.11. The highest BCUT2D eigenvalue weighted by molar-refractivity contribution is 5.44. The van der Waals surface area contributed by atoms with E-state index in [1.54, 1.807) is 0 Å². The van der Waals surface area contributed by atoms with Gasteiger partial charge in [-0.1, -0.05) is 26.8 Å². The molecule has 0 amide bonds. The Labute approximate surface area is 112 Å². The second-order valence-corrected chi connectivity index (χ2v) is 5.21. The van der Waals surface area contributed by atoms with Crippen molar-refractivity contribution in [2.45, 2.75) is 52.9 Å². The van der Waals surface area contributed by atoms with Gasteiger partial charge in [0.1, 0.15) is 5.75 Å². The van der Waals surface area contributed by atoms with Crippen LogP contribution in [0.4, 0.5) is 0 Å². The zero-order chi connectivity index (χ0) is 13.5. The maximum absolute atomic E-state index is 5.86. The molecule has 0 heterocycles. The summed E-state index contributed by atoms with van der Waals surface area (Å²) in [4.78, 5) is 0. The normalized spacial score (nSPS) is 11.0. The zero-order valence-corrected chi connectivity index (χ0v) is 12.3. The number of nitrogens with two attached hydrogens (primary N) is 1. The molecule has 102 valence electrons. The lowest BCUT2D eigenvalue weighted by atomic mass is 9.94. The number of hydrogen-bond acceptors (Lipinski definition) is 2. The van der Waals surface area contributed by atoms with E-state index in [1.165, 1.54) is 16.7 Å². The van der Waals surface area contributed by atoms with Crippen molar-refractivity contribution in [2.24, 2.45) is 5.73 Å². The van der Waals surface area contributed by atoms with Gasteiger partial charge in [-0.3, -0.25) is 0 Å². The first-order chi connectivity index (χ1) is 8.60. The average molecular weight is 249 g/mol. The van der Waals surface area contributed by atoms with E-state index in [0.29, 0.717) is 5.92 Å². The summed E-state index contributed by atoms with van der Waals surface area (Å²) in [5.41, 5.74) is 9.64. The summed E-state index contributed by atoms with van der Waals surface area (Å²) in [7, 11) is 0. The number of hydrogen-bond donors (Lipinski definition) is 1. The van der Waals surface area contributed by atoms with Crippen LogP contribution in [-0.2, 0) is 6.42 Å². The summed E-state index contributed by atoms with van der Waals surface area (Å²) in [6.07, 6.45) is 3.16. The van der Waals surface area contributed by atoms with Gasteiger partial charge in [-0.15, -0.1) is 0 Å². The lowest BCUT2D eigenvalue weighted by molar-refractivity contribution is 0.312. The third-order valence-corrected chi connectivity index (χ3v) is 3.20. The molecular weight excluding hydrogens is 222 g/mol. The predicted octanol–water partition coefficient (Wildman–Crippen LogP) is 3.80. The smallest absolute Gasteiger partial charge is 0.123 e. The molecule has 2 heteroatoms. The topological polar surface area (TPSA) is 35.2 Å². The standard InChI is InChI=1S/C16H27NO/c1-5-9-18-16-10-13(4)14(7-6-8-17)11-15(16)12(2)3/h10-12H,5-9,17H2,1-4H3. The van der Waals surface area contributed by atoms with Gasteiger partial charge in [0.05, 0.1) is 6.61 Å². The predicted molar refractivity (Wildman–Crippen MR) is 78.4 cm³/mol. The molecule has 0 fully saturated rings. The van der Waals surface area contributed by atoms with E-state index in [1.807, 2.05) is 0 Å². The number of benzene rings is 1. The van der Waals surface area contributed by atoms with Crippen molar-refractivity contribution in [1.82, 2.24) is 0 Å². The van der Waals surface area contributed by atoms with Gasteiger partial charge in [-0.2, -0.15) is 0 Å². The van der Waals surface area contributed by atoms with Gasteiger partial charge in [0, 0.05) is 0 Å². The molecule has 0 aliphatic heterocycles. The Morgan fingerprint density at radius 2 is 2.00 bits per heavy atom. The summed E-state index contributed by atoms with van der Waals surface area (Å²) in [6, 6.07) is 4.50. The quantitative estimate of drug-likeness (QED) is 0.797. The SMILES string of the molecule is CCCOc1cc(C)c(CCCN)cc1C(C)C. The van der Waals surface area contributed by atoms with Crippen LogP contribution in [0.2, 0.25) is 0 Å². The van der Waals surface area contributed by atoms with Crippen LogP contribution < -0.4 is 10.5 Å². The maximum atomic E-state index is 5.86. The van der Waals surface area contributed by atoms with Crippen LogP contribution in [-0.4, -0.2) is 13.2 Å². The van der Waals surface area contributed by atoms with Gasteiger partial charge in [0.15, 0.2) is 0 Å². The van der Waals surface area contributed by atoms with Crippen LogP contribution in [0.1, 0.15) is 56.2 Å². The second-order valence-electron chi connectivity index (χ2n) is 5.21. The van der Waals surface area contributed by atoms with Gasteiger partial charge in [0.25, 0.3) is 0 Å². The Hall–Kier alpha value is -1.02. The fourth-order valence-corrected chi connectivity index (χ4v) is 2.10. The van der Waals surface area contributed by atoms with Crippen molar-refractivity contribution < 1.29 is 4.74 Å². The molecule has 1 rings (SSSR count). The minimum absolute atomic E-state index is 0.495. The molecule has 1 aromatic carbocycles. The van der Waals surface area contributed by atoms with Crippen molar-refractivity contribution in [3.63, 3.8) is 0 Å². The van der Waals surface area contributed by atoms with E-state index in [9.17, 15) is 0 Å². The largest absolute Gasteiger partial charge is 0.493 e. The van der Waals surface area contributed by atoms with Crippen LogP contribution in [0.15, 0.2) is 12.1 Å². The van der Waals surface area contributed by atoms with Gasteiger partial charge in [0.2, 0.25) is 0 Å². The van der Waals surface area contributed by atoms with E-state index in [4.69, 9.17) is 10.5 Å². The molecule has 0 saturated carbocycles. The van der Waals surface area contributed by atoms with Crippen LogP contribution in [0.25, 0.3) is 0 Å². The van der Waals surface area contributed by atoms with Gasteiger partial charge in [-0.25, -0.2) is 0 Å². The second kappa shape index (κ2) is 7.42. The highest BCUT2D eigenvalue weighted by atomic mass is 16.5. The Kier molecular flexibility index (Phi) is 6.20. The number of aryl methyl sites for hydroxylation is 2. The van der Waals surface area contributed by atoms with Crippen molar-refractivity contribution in [1.29, 1.82) is 0 Å². The van der Waals surface area contributed by atoms with Crippen LogP contribution in [0.3, 0.4) is 0 Å². The molecule has 0 spiro atoms. The van der Waals surface area contributed by atoms with Crippen LogP contribution in [0, 0.1) is 6.92 Å². The fourth-order valence-electron chi connectivity index (χ4n) is 2.10. The molecule has 2 nitrogen and oxygen atoms in total. The Balaban J connectivity index is 3.00. The number of rotatable bonds is 7. The van der Waals surface area contributed by atoms with Gasteiger partial charge >= 0.3 is 0 Å². The first kappa shape index (κ1) is 15.0. The average Bonchev–Trinajstić information content (AvgIpc) is 2.34. The molecule has 2 N–H and O–H groups in total. The summed E-state index contributed by atoms with van der Waals surface area (Å²) in [5.74, 6) is 1.55. The maximum Gasteiger partial charge on any atom is 0.123 e. The Bertz CT molecular complexity index is 372. The zero-order valence-electron chi connectivity index (χ0n) is 12.3. The molecule has 0 aliphatic carbocycles. The van der Waals surface area contributed by atoms with Crippen molar-refractivity contribution in [3.8, 4) is 5.75 Å². The van der Waals surface area contributed by atoms with E-state index in [-0.39, 0.29) is 0 Å². The first-order valence-electron chi connectivity index (χ1n) is 7.06. The molecule has 1 aromatic rings. The Morgan fingerprint density at radius 1 is 1.28 bits per heavy atom. The Morgan fingerprint density at radius 3 is 2.56 bits per heavy atom. The summed E-state index contributed by atoms with van der Waals surface area (Å²) in [6.45, 7) is 10.3. The van der Waals surface area contributed by atoms with Gasteiger partial charge in [-0.05, 0) is 61.4 Å². The summed E-state index contributed by atoms with van der Waals surface area (Å²) < 4.78 is 5.86. The van der Waals surface area contributed by atoms with Crippen molar-refractivity contribution in [2.75, 3.05) is 13.2 Å². The van der Waals surface area contributed by atoms with E-state index < -0.39 is 0 Å². The molecule has 0 unspecified atom stereocenters. The third-order valence-electron chi connectivity index (χ3n) is 3.20. The number of ether oxygens (including phenoxy) is 1. The van der Waals surface area contributed by atoms with E-state index >= 15 is 0 Å². The monoisotopic (exact) mass is 249 g/mol. The summed E-state index contributed by atoms with van der Waals surface area (Å²) in [5, 5.41) is 0. The molecule has 0 bridgehead atoms. The molecule has 0 atom stereocenters. The lowest BCUT2D eigenvalue weighted by Crippen LogP contribution is -2.05. The molecule has 0 aromatic heterocycles. The van der Waals surface area contributed by atoms with E-state index in [2.05, 4.69) is 39.8 Å². The lowest BCUT2D eigenvalue weighted by Gasteiger charge is -2.17. The third kappa shape index (κ3) is 4.02. The van der Waals surface area contributed by atoms with Gasteiger partial charge < -0.3 is 10.5 Å². The van der Waals surface area contributed by atoms with Crippen LogP contribution in [0.5, 0.6) is 5.75 Å². The molecule has 0 aliphatic rings. The minimum Gasteiger partial charge on any atom is -0.493 e. The summed E-state index contributed by atoms with van der Waals surface area (Å²) >= 11 is 0. The molecular formula is C16H27NO. The van der Waals surface area contributed by atoms with Crippen molar-refractivity contribution >= 4 is 0 Å². The first-order valence-corrected chi connectivity index (χ1v) is 7.06. The van der Waals surface area contributed by atoms with E-state index in [0.717, 1.165) is 38.2 Å². The highest BCUT2D eigenvalue weighted by Crippen LogP contribution is 2.30. The minimum atomic E-state index is 0.495.